The first-order valence-corrected chi connectivity index (χ1v) is 6.43. The average Bonchev–Trinajstić information content (AvgIpc) is 2.06. The fourth-order valence-corrected chi connectivity index (χ4v) is 2.87. The van der Waals surface area contributed by atoms with Gasteiger partial charge in [0.05, 0.1) is 0 Å². The van der Waals surface area contributed by atoms with Crippen LogP contribution in [-0.4, -0.2) is 41.0 Å². The number of halogens is 1. The summed E-state index contributed by atoms with van der Waals surface area (Å²) in [7, 11) is -2.80. The first-order valence-electron chi connectivity index (χ1n) is 4.80. The maximum absolute atomic E-state index is 5.42. The highest BCUT2D eigenvalue weighted by Gasteiger charge is 2.44. The van der Waals surface area contributed by atoms with Gasteiger partial charge in [-0.05, 0) is 27.7 Å². The molecule has 0 spiro atoms. The first kappa shape index (κ1) is 20.7. The van der Waals surface area contributed by atoms with Gasteiger partial charge < -0.3 is 23.2 Å². The van der Waals surface area contributed by atoms with Crippen molar-refractivity contribution < 1.29 is 23.2 Å². The number of rotatable bonds is 8. The fourth-order valence-electron chi connectivity index (χ4n) is 0.957. The van der Waals surface area contributed by atoms with E-state index in [0.717, 1.165) is 0 Å². The molecular formula is C8H23ClO5Si. The van der Waals surface area contributed by atoms with Crippen molar-refractivity contribution >= 4 is 21.5 Å². The summed E-state index contributed by atoms with van der Waals surface area (Å²) in [6, 6.07) is 0. The molecule has 0 rings (SSSR count). The molecule has 0 bridgehead atoms. The summed E-state index contributed by atoms with van der Waals surface area (Å²) in [4.78, 5) is 0. The maximum Gasteiger partial charge on any atom is 0.679 e. The second-order valence-corrected chi connectivity index (χ2v) is 4.39. The van der Waals surface area contributed by atoms with E-state index in [1.54, 1.807) is 0 Å². The van der Waals surface area contributed by atoms with Gasteiger partial charge in [-0.25, -0.2) is 0 Å². The quantitative estimate of drug-likeness (QED) is 0.616. The molecule has 0 aromatic carbocycles. The van der Waals surface area contributed by atoms with Crippen molar-refractivity contribution in [3.63, 3.8) is 0 Å². The summed E-state index contributed by atoms with van der Waals surface area (Å²) in [5.74, 6) is 0. The minimum atomic E-state index is -2.80. The molecule has 0 aliphatic carbocycles. The van der Waals surface area contributed by atoms with Gasteiger partial charge in [0.25, 0.3) is 0 Å². The monoisotopic (exact) mass is 262 g/mol. The van der Waals surface area contributed by atoms with Crippen LogP contribution in [0.2, 0.25) is 0 Å². The molecule has 7 heteroatoms. The molecular weight excluding hydrogens is 240 g/mol. The van der Waals surface area contributed by atoms with E-state index in [-0.39, 0.29) is 17.9 Å². The highest BCUT2D eigenvalue weighted by molar-refractivity contribution is 6.53. The van der Waals surface area contributed by atoms with Gasteiger partial charge in [-0.3, -0.25) is 0 Å². The molecule has 0 fully saturated rings. The molecule has 0 aliphatic heterocycles. The van der Waals surface area contributed by atoms with Gasteiger partial charge in [0.15, 0.2) is 0 Å². The molecule has 0 saturated carbocycles. The second kappa shape index (κ2) is 12.4. The van der Waals surface area contributed by atoms with Crippen LogP contribution in [0.1, 0.15) is 27.7 Å². The molecule has 0 atom stereocenters. The van der Waals surface area contributed by atoms with E-state index in [1.807, 2.05) is 27.7 Å². The summed E-state index contributed by atoms with van der Waals surface area (Å²) in [5, 5.41) is 0. The Morgan fingerprint density at radius 3 is 1.00 bits per heavy atom. The standard InChI is InChI=1S/C8H20O4Si.ClH.H2O/c1-5-9-13(10-6-2,11-7-3)12-8-4;;/h5-8H2,1-4H3;1H;1H2. The SMILES string of the molecule is CCO[Si](OCC)(OCC)OCC.Cl.O. The van der Waals surface area contributed by atoms with E-state index in [4.69, 9.17) is 17.7 Å². The Labute approximate surface area is 99.3 Å². The van der Waals surface area contributed by atoms with Crippen molar-refractivity contribution in [2.45, 2.75) is 27.7 Å². The summed E-state index contributed by atoms with van der Waals surface area (Å²) >= 11 is 0. The van der Waals surface area contributed by atoms with Gasteiger partial charge in [-0.15, -0.1) is 12.4 Å². The molecule has 0 aromatic rings. The Kier molecular flexibility index (Phi) is 17.1. The molecule has 0 aliphatic rings. The van der Waals surface area contributed by atoms with Gasteiger partial charge in [0.1, 0.15) is 0 Å². The zero-order valence-electron chi connectivity index (χ0n) is 9.87. The fraction of sp³-hybridized carbons (Fsp3) is 1.00. The Bertz CT molecular complexity index is 98.1. The minimum absolute atomic E-state index is 0. The van der Waals surface area contributed by atoms with E-state index in [1.165, 1.54) is 0 Å². The normalized spacial score (nSPS) is 10.4. The van der Waals surface area contributed by atoms with Crippen LogP contribution < -0.4 is 0 Å². The molecule has 0 saturated heterocycles. The highest BCUT2D eigenvalue weighted by atomic mass is 35.5. The van der Waals surface area contributed by atoms with Crippen LogP contribution in [0, 0.1) is 0 Å². The highest BCUT2D eigenvalue weighted by Crippen LogP contribution is 2.11. The summed E-state index contributed by atoms with van der Waals surface area (Å²) < 4.78 is 21.7. The van der Waals surface area contributed by atoms with Crippen LogP contribution in [0.4, 0.5) is 0 Å². The second-order valence-electron chi connectivity index (χ2n) is 2.23. The van der Waals surface area contributed by atoms with E-state index in [2.05, 4.69) is 0 Å². The zero-order chi connectivity index (χ0) is 10.2. The minimum Gasteiger partial charge on any atom is -0.412 e. The van der Waals surface area contributed by atoms with E-state index >= 15 is 0 Å². The Balaban J connectivity index is -0.000000720. The maximum atomic E-state index is 5.42. The van der Waals surface area contributed by atoms with Gasteiger partial charge in [0.2, 0.25) is 0 Å². The molecule has 0 radical (unpaired) electrons. The first-order chi connectivity index (χ1) is 6.24. The Morgan fingerprint density at radius 2 is 0.867 bits per heavy atom. The van der Waals surface area contributed by atoms with Gasteiger partial charge >= 0.3 is 9.05 Å². The van der Waals surface area contributed by atoms with E-state index < -0.39 is 9.05 Å². The molecule has 0 amide bonds. The zero-order valence-corrected chi connectivity index (χ0v) is 11.7. The van der Waals surface area contributed by atoms with E-state index in [9.17, 15) is 0 Å². The lowest BCUT2D eigenvalue weighted by atomic mass is 10.9. The summed E-state index contributed by atoms with van der Waals surface area (Å²) in [6.07, 6.45) is 0. The third kappa shape index (κ3) is 8.15. The third-order valence-electron chi connectivity index (χ3n) is 1.28. The topological polar surface area (TPSA) is 68.4 Å². The summed E-state index contributed by atoms with van der Waals surface area (Å²) in [5.41, 5.74) is 0. The molecule has 0 heterocycles. The predicted octanol–water partition coefficient (Wildman–Crippen LogP) is 1.17. The third-order valence-corrected chi connectivity index (χ3v) is 3.85. The molecule has 2 N–H and O–H groups in total. The lowest BCUT2D eigenvalue weighted by Gasteiger charge is -2.26. The van der Waals surface area contributed by atoms with Crippen molar-refractivity contribution in [3.8, 4) is 0 Å². The van der Waals surface area contributed by atoms with Gasteiger partial charge in [-0.1, -0.05) is 0 Å². The van der Waals surface area contributed by atoms with Crippen LogP contribution in [0.3, 0.4) is 0 Å². The van der Waals surface area contributed by atoms with Crippen LogP contribution in [0.5, 0.6) is 0 Å². The predicted molar refractivity (Wildman–Crippen MR) is 63.1 cm³/mol. The Hall–Kier alpha value is 0.307. The van der Waals surface area contributed by atoms with Crippen molar-refractivity contribution in [1.29, 1.82) is 0 Å². The van der Waals surface area contributed by atoms with E-state index in [0.29, 0.717) is 26.4 Å². The summed E-state index contributed by atoms with van der Waals surface area (Å²) in [6.45, 7) is 9.80. The lowest BCUT2D eigenvalue weighted by molar-refractivity contribution is -0.0247. The largest absolute Gasteiger partial charge is 0.679 e. The van der Waals surface area contributed by atoms with Crippen LogP contribution in [-0.2, 0) is 17.7 Å². The number of hydrogen-bond donors (Lipinski definition) is 0. The van der Waals surface area contributed by atoms with Gasteiger partial charge in [0, 0.05) is 26.4 Å². The number of hydrogen-bond acceptors (Lipinski definition) is 4. The van der Waals surface area contributed by atoms with Crippen LogP contribution in [0.25, 0.3) is 0 Å². The van der Waals surface area contributed by atoms with Crippen LogP contribution in [0.15, 0.2) is 0 Å². The molecule has 0 unspecified atom stereocenters. The lowest BCUT2D eigenvalue weighted by Crippen LogP contribution is -2.49. The molecule has 0 aromatic heterocycles. The molecule has 96 valence electrons. The van der Waals surface area contributed by atoms with Crippen molar-refractivity contribution in [2.75, 3.05) is 26.4 Å². The van der Waals surface area contributed by atoms with Crippen molar-refractivity contribution in [1.82, 2.24) is 0 Å². The Morgan fingerprint density at radius 1 is 0.667 bits per heavy atom. The smallest absolute Gasteiger partial charge is 0.412 e. The van der Waals surface area contributed by atoms with Gasteiger partial charge in [-0.2, -0.15) is 0 Å². The molecule has 5 nitrogen and oxygen atoms in total. The van der Waals surface area contributed by atoms with Crippen molar-refractivity contribution in [3.05, 3.63) is 0 Å². The average molecular weight is 263 g/mol. The van der Waals surface area contributed by atoms with Crippen LogP contribution >= 0.6 is 12.4 Å². The van der Waals surface area contributed by atoms with Crippen molar-refractivity contribution in [2.24, 2.45) is 0 Å². The molecule has 15 heavy (non-hydrogen) atoms.